The second kappa shape index (κ2) is 10.5. The molecule has 0 bridgehead atoms. The normalized spacial score (nSPS) is 10.6. The Hall–Kier alpha value is -4.37. The zero-order valence-electron chi connectivity index (χ0n) is 18.7. The van der Waals surface area contributed by atoms with E-state index in [4.69, 9.17) is 5.73 Å². The molecule has 4 aromatic rings. The number of benzene rings is 2. The van der Waals surface area contributed by atoms with Gasteiger partial charge in [0.15, 0.2) is 0 Å². The molecule has 9 heteroatoms. The molecule has 0 unspecified atom stereocenters. The number of nitrogens with one attached hydrogen (secondary N) is 2. The van der Waals surface area contributed by atoms with Crippen molar-refractivity contribution in [3.63, 3.8) is 0 Å². The Labute approximate surface area is 197 Å². The van der Waals surface area contributed by atoms with E-state index in [0.29, 0.717) is 25.6 Å². The van der Waals surface area contributed by atoms with Gasteiger partial charge in [-0.15, -0.1) is 0 Å². The van der Waals surface area contributed by atoms with E-state index in [1.165, 1.54) is 6.20 Å². The molecule has 0 saturated heterocycles. The minimum atomic E-state index is -0.506. The van der Waals surface area contributed by atoms with E-state index >= 15 is 0 Å². The lowest BCUT2D eigenvalue weighted by molar-refractivity contribution is -0.384. The van der Waals surface area contributed by atoms with Crippen LogP contribution in [0, 0.1) is 17.0 Å². The third kappa shape index (κ3) is 5.33. The van der Waals surface area contributed by atoms with Crippen molar-refractivity contribution in [2.24, 2.45) is 5.73 Å². The van der Waals surface area contributed by atoms with Crippen LogP contribution in [0.1, 0.15) is 22.4 Å². The van der Waals surface area contributed by atoms with E-state index in [2.05, 4.69) is 50.7 Å². The third-order valence-corrected chi connectivity index (χ3v) is 5.49. The van der Waals surface area contributed by atoms with Gasteiger partial charge in [-0.3, -0.25) is 15.1 Å². The molecule has 4 rings (SSSR count). The standard InChI is InChI=1S/C25H25N7O2/c1-17-20(8-5-10-22(17)19-7-4-6-18(12-19)13-26)14-29-25-30-16-23(32(33)34)24(31-25)28-15-21-9-2-3-11-27-21/h2-12,16H,13-15,26H2,1H3,(H2,28,29,30,31). The van der Waals surface area contributed by atoms with Gasteiger partial charge in [0.2, 0.25) is 11.8 Å². The predicted octanol–water partition coefficient (Wildman–Crippen LogP) is 4.44. The summed E-state index contributed by atoms with van der Waals surface area (Å²) in [5.74, 6) is 0.432. The number of nitrogens with two attached hydrogens (primary N) is 1. The van der Waals surface area contributed by atoms with Crippen molar-refractivity contribution in [2.75, 3.05) is 10.6 Å². The maximum atomic E-state index is 11.4. The number of aromatic nitrogens is 3. The fourth-order valence-electron chi connectivity index (χ4n) is 3.63. The van der Waals surface area contributed by atoms with Crippen molar-refractivity contribution < 1.29 is 4.92 Å². The molecule has 2 aromatic heterocycles. The fraction of sp³-hybridized carbons (Fsp3) is 0.160. The highest BCUT2D eigenvalue weighted by molar-refractivity contribution is 5.69. The number of anilines is 2. The first kappa shape index (κ1) is 22.8. The van der Waals surface area contributed by atoms with Crippen LogP contribution in [0.3, 0.4) is 0 Å². The summed E-state index contributed by atoms with van der Waals surface area (Å²) in [7, 11) is 0. The molecule has 0 saturated carbocycles. The molecule has 0 aliphatic heterocycles. The summed E-state index contributed by atoms with van der Waals surface area (Å²) in [4.78, 5) is 23.6. The van der Waals surface area contributed by atoms with Gasteiger partial charge in [-0.05, 0) is 52.9 Å². The lowest BCUT2D eigenvalue weighted by Gasteiger charge is -2.14. The highest BCUT2D eigenvalue weighted by Crippen LogP contribution is 2.27. The maximum Gasteiger partial charge on any atom is 0.329 e. The Morgan fingerprint density at radius 1 is 1.00 bits per heavy atom. The first-order valence-electron chi connectivity index (χ1n) is 10.8. The van der Waals surface area contributed by atoms with Crippen molar-refractivity contribution in [1.29, 1.82) is 0 Å². The molecule has 0 atom stereocenters. The van der Waals surface area contributed by atoms with Crippen LogP contribution in [0.5, 0.6) is 0 Å². The van der Waals surface area contributed by atoms with E-state index < -0.39 is 4.92 Å². The third-order valence-electron chi connectivity index (χ3n) is 5.49. The van der Waals surface area contributed by atoms with Crippen LogP contribution in [0.2, 0.25) is 0 Å². The summed E-state index contributed by atoms with van der Waals surface area (Å²) < 4.78 is 0. The highest BCUT2D eigenvalue weighted by Gasteiger charge is 2.17. The number of nitrogens with zero attached hydrogens (tertiary/aromatic N) is 4. The monoisotopic (exact) mass is 455 g/mol. The molecule has 2 heterocycles. The fourth-order valence-corrected chi connectivity index (χ4v) is 3.63. The number of hydrogen-bond acceptors (Lipinski definition) is 8. The smallest absolute Gasteiger partial charge is 0.329 e. The van der Waals surface area contributed by atoms with Crippen molar-refractivity contribution in [3.8, 4) is 11.1 Å². The SMILES string of the molecule is Cc1c(CNc2ncc([N+](=O)[O-])c(NCc3ccccn3)n2)cccc1-c1cccc(CN)c1. The van der Waals surface area contributed by atoms with E-state index in [9.17, 15) is 10.1 Å². The van der Waals surface area contributed by atoms with Gasteiger partial charge in [0.25, 0.3) is 0 Å². The minimum Gasteiger partial charge on any atom is -0.359 e. The summed E-state index contributed by atoms with van der Waals surface area (Å²) in [5.41, 5.74) is 11.8. The summed E-state index contributed by atoms with van der Waals surface area (Å²) in [5, 5.41) is 17.6. The van der Waals surface area contributed by atoms with Gasteiger partial charge < -0.3 is 16.4 Å². The summed E-state index contributed by atoms with van der Waals surface area (Å²) in [6.45, 7) is 3.33. The van der Waals surface area contributed by atoms with Crippen LogP contribution in [0.4, 0.5) is 17.5 Å². The summed E-state index contributed by atoms with van der Waals surface area (Å²) >= 11 is 0. The van der Waals surface area contributed by atoms with Gasteiger partial charge in [-0.25, -0.2) is 4.98 Å². The topological polar surface area (TPSA) is 132 Å². The van der Waals surface area contributed by atoms with Gasteiger partial charge >= 0.3 is 5.69 Å². The molecule has 0 aliphatic rings. The van der Waals surface area contributed by atoms with Crippen molar-refractivity contribution >= 4 is 17.5 Å². The Kier molecular flexibility index (Phi) is 7.04. The molecule has 0 amide bonds. The summed E-state index contributed by atoms with van der Waals surface area (Å²) in [6.07, 6.45) is 2.87. The van der Waals surface area contributed by atoms with E-state index in [0.717, 1.165) is 33.5 Å². The van der Waals surface area contributed by atoms with Crippen molar-refractivity contribution in [2.45, 2.75) is 26.6 Å². The molecular weight excluding hydrogens is 430 g/mol. The molecule has 4 N–H and O–H groups in total. The molecule has 172 valence electrons. The van der Waals surface area contributed by atoms with Gasteiger partial charge in [0.05, 0.1) is 17.2 Å². The van der Waals surface area contributed by atoms with Gasteiger partial charge in [-0.1, -0.05) is 42.5 Å². The average molecular weight is 456 g/mol. The Bertz CT molecular complexity index is 1300. The maximum absolute atomic E-state index is 11.4. The number of nitro groups is 1. The molecule has 2 aromatic carbocycles. The summed E-state index contributed by atoms with van der Waals surface area (Å²) in [6, 6.07) is 19.8. The number of rotatable bonds is 9. The van der Waals surface area contributed by atoms with Crippen LogP contribution in [0.25, 0.3) is 11.1 Å². The molecule has 34 heavy (non-hydrogen) atoms. The van der Waals surface area contributed by atoms with Gasteiger partial charge in [0, 0.05) is 19.3 Å². The number of pyridine rings is 1. The first-order chi connectivity index (χ1) is 16.5. The van der Waals surface area contributed by atoms with Crippen molar-refractivity contribution in [1.82, 2.24) is 15.0 Å². The Morgan fingerprint density at radius 2 is 1.85 bits per heavy atom. The Morgan fingerprint density at radius 3 is 2.62 bits per heavy atom. The van der Waals surface area contributed by atoms with E-state index in [1.807, 2.05) is 42.5 Å². The Balaban J connectivity index is 1.52. The zero-order chi connectivity index (χ0) is 23.9. The second-order valence-electron chi connectivity index (χ2n) is 7.71. The minimum absolute atomic E-state index is 0.136. The second-order valence-corrected chi connectivity index (χ2v) is 7.71. The largest absolute Gasteiger partial charge is 0.359 e. The molecular formula is C25H25N7O2. The highest BCUT2D eigenvalue weighted by atomic mass is 16.6. The molecule has 0 fully saturated rings. The van der Waals surface area contributed by atoms with Gasteiger partial charge in [0.1, 0.15) is 6.20 Å². The lowest BCUT2D eigenvalue weighted by Crippen LogP contribution is -2.10. The first-order valence-corrected chi connectivity index (χ1v) is 10.8. The lowest BCUT2D eigenvalue weighted by atomic mass is 9.95. The van der Waals surface area contributed by atoms with E-state index in [1.54, 1.807) is 6.20 Å². The van der Waals surface area contributed by atoms with Crippen LogP contribution >= 0.6 is 0 Å². The van der Waals surface area contributed by atoms with E-state index in [-0.39, 0.29) is 11.5 Å². The predicted molar refractivity (Wildman–Crippen MR) is 132 cm³/mol. The molecule has 0 aliphatic carbocycles. The zero-order valence-corrected chi connectivity index (χ0v) is 18.7. The van der Waals surface area contributed by atoms with Crippen LogP contribution in [-0.2, 0) is 19.6 Å². The van der Waals surface area contributed by atoms with Crippen molar-refractivity contribution in [3.05, 3.63) is 106 Å². The molecule has 9 nitrogen and oxygen atoms in total. The van der Waals surface area contributed by atoms with Crippen LogP contribution in [0.15, 0.2) is 73.1 Å². The number of hydrogen-bond donors (Lipinski definition) is 3. The van der Waals surface area contributed by atoms with Crippen LogP contribution in [-0.4, -0.2) is 19.9 Å². The average Bonchev–Trinajstić information content (AvgIpc) is 2.87. The molecule has 0 spiro atoms. The quantitative estimate of drug-likeness (QED) is 0.249. The van der Waals surface area contributed by atoms with Gasteiger partial charge in [-0.2, -0.15) is 4.98 Å². The van der Waals surface area contributed by atoms with Crippen LogP contribution < -0.4 is 16.4 Å². The molecule has 0 radical (unpaired) electrons.